The molecule has 178 valence electrons. The van der Waals surface area contributed by atoms with E-state index in [9.17, 15) is 14.7 Å². The Morgan fingerprint density at radius 1 is 1.09 bits per heavy atom. The van der Waals surface area contributed by atoms with Crippen LogP contribution in [0.1, 0.15) is 29.7 Å². The van der Waals surface area contributed by atoms with Gasteiger partial charge in [0.2, 0.25) is 5.91 Å². The number of likely N-dealkylation sites (tertiary alicyclic amines) is 1. The van der Waals surface area contributed by atoms with Gasteiger partial charge >= 0.3 is 5.97 Å². The minimum Gasteiger partial charge on any atom is -0.481 e. The van der Waals surface area contributed by atoms with Crippen molar-refractivity contribution in [3.8, 4) is 0 Å². The van der Waals surface area contributed by atoms with Crippen LogP contribution in [0.25, 0.3) is 11.0 Å². The zero-order valence-corrected chi connectivity index (χ0v) is 20.2. The highest BCUT2D eigenvalue weighted by Crippen LogP contribution is 2.31. The number of pyridine rings is 1. The molecule has 1 fully saturated rings. The molecule has 0 bridgehead atoms. The lowest BCUT2D eigenvalue weighted by atomic mass is 9.97. The molecular weight excluding hydrogens is 475 g/mol. The average Bonchev–Trinajstić information content (AvgIpc) is 3.12. The standard InChI is InChI=1S/C25H26Cl2N4O3/c26-18-10-16(11-19(27)12-18)13-31-22-14-30(9-5-20(22)21-2-1-6-28-24(21)31)23(32)15-29-7-3-17(4-8-29)25(33)34/h1-2,6,10-12,17H,3-5,7-9,13-15H2,(H,33,34). The smallest absolute Gasteiger partial charge is 0.306 e. The fourth-order valence-electron chi connectivity index (χ4n) is 5.16. The molecule has 0 atom stereocenters. The Morgan fingerprint density at radius 3 is 2.53 bits per heavy atom. The number of aromatic nitrogens is 2. The lowest BCUT2D eigenvalue weighted by molar-refractivity contribution is -0.143. The van der Waals surface area contributed by atoms with E-state index in [-0.39, 0.29) is 11.8 Å². The first-order valence-electron chi connectivity index (χ1n) is 11.5. The summed E-state index contributed by atoms with van der Waals surface area (Å²) < 4.78 is 2.17. The molecule has 1 amide bonds. The molecule has 1 aromatic carbocycles. The Kier molecular flexibility index (Phi) is 6.51. The predicted octanol–water partition coefficient (Wildman–Crippen LogP) is 4.07. The van der Waals surface area contributed by atoms with Crippen LogP contribution >= 0.6 is 23.2 Å². The lowest BCUT2D eigenvalue weighted by Crippen LogP contribution is -2.45. The Morgan fingerprint density at radius 2 is 1.82 bits per heavy atom. The lowest BCUT2D eigenvalue weighted by Gasteiger charge is -2.33. The SMILES string of the molecule is O=C(O)C1CCN(CC(=O)N2CCc3c(n(Cc4cc(Cl)cc(Cl)c4)c4ncccc34)C2)CC1. The highest BCUT2D eigenvalue weighted by molar-refractivity contribution is 6.34. The summed E-state index contributed by atoms with van der Waals surface area (Å²) in [6.07, 6.45) is 3.75. The number of hydrogen-bond donors (Lipinski definition) is 1. The number of carboxylic acids is 1. The summed E-state index contributed by atoms with van der Waals surface area (Å²) in [5.41, 5.74) is 4.21. The van der Waals surface area contributed by atoms with Crippen LogP contribution < -0.4 is 0 Å². The molecule has 2 aromatic heterocycles. The van der Waals surface area contributed by atoms with E-state index in [0.29, 0.717) is 62.2 Å². The van der Waals surface area contributed by atoms with E-state index in [1.54, 1.807) is 12.3 Å². The number of carbonyl (C=O) groups excluding carboxylic acids is 1. The van der Waals surface area contributed by atoms with Gasteiger partial charge in [-0.2, -0.15) is 0 Å². The number of benzene rings is 1. The first-order valence-corrected chi connectivity index (χ1v) is 12.3. The quantitative estimate of drug-likeness (QED) is 0.571. The summed E-state index contributed by atoms with van der Waals surface area (Å²) >= 11 is 12.5. The fourth-order valence-corrected chi connectivity index (χ4v) is 5.73. The van der Waals surface area contributed by atoms with Gasteiger partial charge in [-0.05, 0) is 73.8 Å². The normalized spacial score (nSPS) is 17.2. The minimum atomic E-state index is -0.739. The third-order valence-electron chi connectivity index (χ3n) is 6.93. The van der Waals surface area contributed by atoms with Gasteiger partial charge in [-0.15, -0.1) is 0 Å². The summed E-state index contributed by atoms with van der Waals surface area (Å²) in [6, 6.07) is 9.56. The van der Waals surface area contributed by atoms with Crippen LogP contribution in [0.15, 0.2) is 36.5 Å². The van der Waals surface area contributed by atoms with Crippen molar-refractivity contribution in [3.05, 3.63) is 63.4 Å². The van der Waals surface area contributed by atoms with E-state index in [4.69, 9.17) is 23.2 Å². The summed E-state index contributed by atoms with van der Waals surface area (Å²) in [5.74, 6) is -0.959. The summed E-state index contributed by atoms with van der Waals surface area (Å²) in [4.78, 5) is 33.0. The van der Waals surface area contributed by atoms with E-state index in [1.165, 1.54) is 5.56 Å². The molecule has 34 heavy (non-hydrogen) atoms. The molecule has 0 unspecified atom stereocenters. The van der Waals surface area contributed by atoms with Crippen molar-refractivity contribution < 1.29 is 14.7 Å². The Labute approximate surface area is 207 Å². The number of carbonyl (C=O) groups is 2. The van der Waals surface area contributed by atoms with E-state index in [2.05, 4.69) is 20.5 Å². The second-order valence-corrected chi connectivity index (χ2v) is 9.99. The van der Waals surface area contributed by atoms with Crippen LogP contribution in [0, 0.1) is 5.92 Å². The van der Waals surface area contributed by atoms with Gasteiger partial charge in [0.1, 0.15) is 5.65 Å². The number of fused-ring (bicyclic) bond motifs is 3. The Hall–Kier alpha value is -2.61. The average molecular weight is 501 g/mol. The van der Waals surface area contributed by atoms with E-state index in [0.717, 1.165) is 28.7 Å². The maximum atomic E-state index is 13.2. The molecule has 4 heterocycles. The maximum absolute atomic E-state index is 13.2. The van der Waals surface area contributed by atoms with Crippen molar-refractivity contribution in [3.63, 3.8) is 0 Å². The zero-order chi connectivity index (χ0) is 23.8. The second kappa shape index (κ2) is 9.56. The monoisotopic (exact) mass is 500 g/mol. The summed E-state index contributed by atoms with van der Waals surface area (Å²) in [5, 5.41) is 11.5. The maximum Gasteiger partial charge on any atom is 0.306 e. The van der Waals surface area contributed by atoms with Crippen LogP contribution in [0.4, 0.5) is 0 Å². The molecule has 0 spiro atoms. The van der Waals surface area contributed by atoms with E-state index >= 15 is 0 Å². The molecule has 0 radical (unpaired) electrons. The van der Waals surface area contributed by atoms with Gasteiger partial charge in [0.05, 0.1) is 19.0 Å². The molecular formula is C25H26Cl2N4O3. The van der Waals surface area contributed by atoms with Crippen molar-refractivity contribution in [2.45, 2.75) is 32.4 Å². The third kappa shape index (κ3) is 4.65. The molecule has 1 saturated heterocycles. The molecule has 7 nitrogen and oxygen atoms in total. The molecule has 0 saturated carbocycles. The van der Waals surface area contributed by atoms with Crippen molar-refractivity contribution >= 4 is 46.1 Å². The number of aliphatic carboxylic acids is 1. The number of piperidine rings is 1. The Balaban J connectivity index is 1.37. The van der Waals surface area contributed by atoms with E-state index in [1.807, 2.05) is 23.1 Å². The van der Waals surface area contributed by atoms with Crippen LogP contribution in [-0.4, -0.2) is 62.5 Å². The fraction of sp³-hybridized carbons (Fsp3) is 0.400. The van der Waals surface area contributed by atoms with Crippen LogP contribution in [-0.2, 0) is 29.1 Å². The molecule has 5 rings (SSSR count). The van der Waals surface area contributed by atoms with Crippen molar-refractivity contribution in [1.29, 1.82) is 0 Å². The highest BCUT2D eigenvalue weighted by Gasteiger charge is 2.30. The first kappa shape index (κ1) is 23.1. The van der Waals surface area contributed by atoms with Gasteiger partial charge in [0.25, 0.3) is 0 Å². The van der Waals surface area contributed by atoms with Crippen LogP contribution in [0.3, 0.4) is 0 Å². The number of nitrogens with zero attached hydrogens (tertiary/aromatic N) is 4. The molecule has 3 aromatic rings. The molecule has 0 aliphatic carbocycles. The largest absolute Gasteiger partial charge is 0.481 e. The predicted molar refractivity (Wildman–Crippen MR) is 131 cm³/mol. The number of amides is 1. The zero-order valence-electron chi connectivity index (χ0n) is 18.7. The first-order chi connectivity index (χ1) is 16.4. The summed E-state index contributed by atoms with van der Waals surface area (Å²) in [6.45, 7) is 3.35. The van der Waals surface area contributed by atoms with Gasteiger partial charge in [-0.3, -0.25) is 14.5 Å². The number of carboxylic acid groups (broad SMARTS) is 1. The third-order valence-corrected chi connectivity index (χ3v) is 7.36. The van der Waals surface area contributed by atoms with Gasteiger partial charge < -0.3 is 14.6 Å². The number of halogens is 2. The molecule has 2 aliphatic rings. The Bertz CT molecular complexity index is 1230. The minimum absolute atomic E-state index is 0.0787. The van der Waals surface area contributed by atoms with Gasteiger partial charge in [0, 0.05) is 40.4 Å². The van der Waals surface area contributed by atoms with E-state index < -0.39 is 5.97 Å². The van der Waals surface area contributed by atoms with Crippen molar-refractivity contribution in [1.82, 2.24) is 19.4 Å². The number of rotatable bonds is 5. The topological polar surface area (TPSA) is 78.7 Å². The van der Waals surface area contributed by atoms with Gasteiger partial charge in [0.15, 0.2) is 0 Å². The van der Waals surface area contributed by atoms with Crippen molar-refractivity contribution in [2.75, 3.05) is 26.2 Å². The van der Waals surface area contributed by atoms with Crippen molar-refractivity contribution in [2.24, 2.45) is 5.92 Å². The second-order valence-electron chi connectivity index (χ2n) is 9.12. The molecule has 9 heteroatoms. The summed E-state index contributed by atoms with van der Waals surface area (Å²) in [7, 11) is 0. The molecule has 2 aliphatic heterocycles. The van der Waals surface area contributed by atoms with Gasteiger partial charge in [-0.25, -0.2) is 4.98 Å². The van der Waals surface area contributed by atoms with Gasteiger partial charge in [-0.1, -0.05) is 23.2 Å². The molecule has 1 N–H and O–H groups in total. The highest BCUT2D eigenvalue weighted by atomic mass is 35.5. The van der Waals surface area contributed by atoms with Crippen LogP contribution in [0.5, 0.6) is 0 Å². The number of hydrogen-bond acceptors (Lipinski definition) is 4. The van der Waals surface area contributed by atoms with Crippen LogP contribution in [0.2, 0.25) is 10.0 Å².